The fraction of sp³-hybridized carbons (Fsp3) is 0.769. The van der Waals surface area contributed by atoms with Crippen molar-refractivity contribution < 1.29 is 22.2 Å². The first-order chi connectivity index (χ1) is 8.87. The summed E-state index contributed by atoms with van der Waals surface area (Å²) in [4.78, 5) is 13.2. The maximum atomic E-state index is 11.7. The highest BCUT2D eigenvalue weighted by Gasteiger charge is 2.21. The zero-order valence-electron chi connectivity index (χ0n) is 13.0. The van der Waals surface area contributed by atoms with Crippen LogP contribution in [0.25, 0.3) is 0 Å². The molecule has 1 unspecified atom stereocenters. The summed E-state index contributed by atoms with van der Waals surface area (Å²) in [6, 6.07) is 0. The highest BCUT2D eigenvalue weighted by atomic mass is 32.2. The van der Waals surface area contributed by atoms with E-state index in [4.69, 9.17) is 0 Å². The maximum absolute atomic E-state index is 11.7. The highest BCUT2D eigenvalue weighted by molar-refractivity contribution is 7.86. The lowest BCUT2D eigenvalue weighted by Crippen LogP contribution is -2.47. The van der Waals surface area contributed by atoms with Crippen LogP contribution in [-0.4, -0.2) is 74.3 Å². The van der Waals surface area contributed by atoms with Crippen molar-refractivity contribution in [1.29, 1.82) is 0 Å². The van der Waals surface area contributed by atoms with Gasteiger partial charge in [-0.15, -0.1) is 0 Å². The summed E-state index contributed by atoms with van der Waals surface area (Å²) < 4.78 is 33.1. The molecule has 0 heterocycles. The summed E-state index contributed by atoms with van der Waals surface area (Å²) in [5.41, 5.74) is 0.490. The molecule has 0 rings (SSSR count). The van der Waals surface area contributed by atoms with Gasteiger partial charge in [0.05, 0.1) is 49.1 Å². The van der Waals surface area contributed by atoms with Crippen LogP contribution in [0.15, 0.2) is 12.2 Å². The number of quaternary nitrogens is 1. The summed E-state index contributed by atoms with van der Waals surface area (Å²) in [7, 11) is 1.39. The monoisotopic (exact) mass is 306 g/mol. The molecule has 6 nitrogen and oxygen atoms in total. The van der Waals surface area contributed by atoms with Crippen molar-refractivity contribution in [3.8, 4) is 0 Å². The third-order valence-electron chi connectivity index (χ3n) is 3.39. The van der Waals surface area contributed by atoms with Crippen LogP contribution in [0.4, 0.5) is 0 Å². The molecule has 0 aromatic carbocycles. The zero-order chi connectivity index (χ0) is 16.1. The Bertz CT molecular complexity index is 457. The van der Waals surface area contributed by atoms with E-state index < -0.39 is 15.4 Å². The fourth-order valence-electron chi connectivity index (χ4n) is 1.64. The summed E-state index contributed by atoms with van der Waals surface area (Å²) >= 11 is 0. The van der Waals surface area contributed by atoms with Crippen LogP contribution < -0.4 is 0 Å². The van der Waals surface area contributed by atoms with Crippen LogP contribution >= 0.6 is 0 Å². The van der Waals surface area contributed by atoms with Crippen molar-refractivity contribution in [2.75, 3.05) is 40.8 Å². The van der Waals surface area contributed by atoms with Crippen LogP contribution in [0.5, 0.6) is 0 Å². The molecule has 0 aromatic heterocycles. The quantitative estimate of drug-likeness (QED) is 0.370. The molecule has 20 heavy (non-hydrogen) atoms. The topological polar surface area (TPSA) is 77.5 Å². The number of carbonyl (C=O) groups is 1. The van der Waals surface area contributed by atoms with E-state index in [1.165, 1.54) is 6.92 Å². The van der Waals surface area contributed by atoms with Crippen molar-refractivity contribution in [2.24, 2.45) is 0 Å². The van der Waals surface area contributed by atoms with Gasteiger partial charge in [0.15, 0.2) is 0 Å². The smallest absolute Gasteiger partial charge is 0.248 e. The summed E-state index contributed by atoms with van der Waals surface area (Å²) in [5.74, 6) is -0.0968. The van der Waals surface area contributed by atoms with Gasteiger partial charge >= 0.3 is 0 Å². The average Bonchev–Trinajstić information content (AvgIpc) is 2.30. The largest absolute Gasteiger partial charge is 0.748 e. The van der Waals surface area contributed by atoms with E-state index in [1.54, 1.807) is 18.9 Å². The van der Waals surface area contributed by atoms with E-state index in [2.05, 4.69) is 6.58 Å². The van der Waals surface area contributed by atoms with Gasteiger partial charge in [-0.05, 0) is 13.8 Å². The van der Waals surface area contributed by atoms with Crippen molar-refractivity contribution in [3.63, 3.8) is 0 Å². The molecule has 0 aliphatic carbocycles. The predicted molar refractivity (Wildman–Crippen MR) is 78.1 cm³/mol. The molecule has 1 atom stereocenters. The van der Waals surface area contributed by atoms with Crippen LogP contribution in [0.2, 0.25) is 0 Å². The van der Waals surface area contributed by atoms with Crippen molar-refractivity contribution in [3.05, 3.63) is 12.2 Å². The minimum absolute atomic E-state index is 0.0968. The van der Waals surface area contributed by atoms with E-state index in [-0.39, 0.29) is 5.91 Å². The van der Waals surface area contributed by atoms with Gasteiger partial charge < -0.3 is 13.9 Å². The standard InChI is InChI=1S/C13H26N2O4S/c1-11(2)13(16)14(4)8-10-15(5,6)9-7-12(3)20(17,18)19/h12H,1,7-10H2,2-6H3. The number of rotatable bonds is 8. The van der Waals surface area contributed by atoms with E-state index in [9.17, 15) is 17.8 Å². The molecule has 7 heteroatoms. The number of amides is 1. The normalized spacial score (nSPS) is 13.9. The van der Waals surface area contributed by atoms with Crippen molar-refractivity contribution >= 4 is 16.0 Å². The maximum Gasteiger partial charge on any atom is 0.248 e. The third-order valence-corrected chi connectivity index (χ3v) is 4.61. The molecular formula is C13H26N2O4S. The van der Waals surface area contributed by atoms with E-state index >= 15 is 0 Å². The molecule has 0 radical (unpaired) electrons. The number of carbonyl (C=O) groups excluding carboxylic acids is 1. The van der Waals surface area contributed by atoms with Gasteiger partial charge in [-0.25, -0.2) is 8.42 Å². The minimum atomic E-state index is -4.22. The molecular weight excluding hydrogens is 280 g/mol. The fourth-order valence-corrected chi connectivity index (χ4v) is 2.03. The van der Waals surface area contributed by atoms with Crippen LogP contribution in [-0.2, 0) is 14.9 Å². The van der Waals surface area contributed by atoms with Gasteiger partial charge in [0.1, 0.15) is 0 Å². The van der Waals surface area contributed by atoms with Gasteiger partial charge in [0, 0.05) is 19.0 Å². The molecule has 118 valence electrons. The van der Waals surface area contributed by atoms with Gasteiger partial charge in [-0.1, -0.05) is 6.58 Å². The highest BCUT2D eigenvalue weighted by Crippen LogP contribution is 2.08. The molecule has 0 aliphatic heterocycles. The minimum Gasteiger partial charge on any atom is -0.748 e. The second-order valence-electron chi connectivity index (χ2n) is 5.98. The van der Waals surface area contributed by atoms with Gasteiger partial charge in [-0.2, -0.15) is 0 Å². The first-order valence-electron chi connectivity index (χ1n) is 6.54. The van der Waals surface area contributed by atoms with Crippen LogP contribution in [0.3, 0.4) is 0 Å². The molecule has 0 aromatic rings. The van der Waals surface area contributed by atoms with Crippen LogP contribution in [0.1, 0.15) is 20.3 Å². The average molecular weight is 306 g/mol. The van der Waals surface area contributed by atoms with Crippen LogP contribution in [0, 0.1) is 0 Å². The lowest BCUT2D eigenvalue weighted by Gasteiger charge is -2.33. The number of likely N-dealkylation sites (N-methyl/N-ethyl adjacent to an activating group) is 2. The van der Waals surface area contributed by atoms with Crippen molar-refractivity contribution in [2.45, 2.75) is 25.5 Å². The molecule has 0 saturated carbocycles. The molecule has 0 bridgehead atoms. The second kappa shape index (κ2) is 7.19. The Morgan fingerprint density at radius 2 is 1.85 bits per heavy atom. The van der Waals surface area contributed by atoms with Crippen molar-refractivity contribution in [1.82, 2.24) is 4.90 Å². The Morgan fingerprint density at radius 3 is 2.25 bits per heavy atom. The lowest BCUT2D eigenvalue weighted by atomic mass is 10.2. The van der Waals surface area contributed by atoms with E-state index in [0.29, 0.717) is 36.1 Å². The molecule has 0 aliphatic rings. The molecule has 0 saturated heterocycles. The molecule has 1 amide bonds. The second-order valence-corrected chi connectivity index (χ2v) is 7.77. The van der Waals surface area contributed by atoms with Gasteiger partial charge in [0.25, 0.3) is 0 Å². The van der Waals surface area contributed by atoms with Gasteiger partial charge in [0.2, 0.25) is 5.91 Å². The Morgan fingerprint density at radius 1 is 1.35 bits per heavy atom. The summed E-state index contributed by atoms with van der Waals surface area (Å²) in [6.45, 7) is 8.51. The Labute approximate surface area is 122 Å². The van der Waals surface area contributed by atoms with E-state index in [0.717, 1.165) is 0 Å². The third kappa shape index (κ3) is 7.02. The SMILES string of the molecule is C=C(C)C(=O)N(C)CC[N+](C)(C)CCC(C)S(=O)(=O)[O-]. The molecule has 0 N–H and O–H groups in total. The van der Waals surface area contributed by atoms with E-state index in [1.807, 2.05) is 14.1 Å². The Hall–Kier alpha value is -0.920. The van der Waals surface area contributed by atoms with Gasteiger partial charge in [-0.3, -0.25) is 4.79 Å². The number of nitrogens with zero attached hydrogens (tertiary/aromatic N) is 2. The number of hydrogen-bond donors (Lipinski definition) is 0. The first kappa shape index (κ1) is 19.1. The Balaban J connectivity index is 4.33. The lowest BCUT2D eigenvalue weighted by molar-refractivity contribution is -0.889. The predicted octanol–water partition coefficient (Wildman–Crippen LogP) is 0.421. The first-order valence-corrected chi connectivity index (χ1v) is 8.01. The molecule has 0 spiro atoms. The number of hydrogen-bond acceptors (Lipinski definition) is 4. The summed E-state index contributed by atoms with van der Waals surface area (Å²) in [5, 5.41) is -0.880. The summed E-state index contributed by atoms with van der Waals surface area (Å²) in [6.07, 6.45) is 0.316. The zero-order valence-corrected chi connectivity index (χ0v) is 13.9. The molecule has 0 fully saturated rings. The Kier molecular flexibility index (Phi) is 6.86.